The molecule has 1 saturated heterocycles. The van der Waals surface area contributed by atoms with Crippen molar-refractivity contribution < 1.29 is 9.72 Å². The Bertz CT molecular complexity index is 516. The van der Waals surface area contributed by atoms with Gasteiger partial charge in [0.1, 0.15) is 0 Å². The highest BCUT2D eigenvalue weighted by molar-refractivity contribution is 8.00. The van der Waals surface area contributed by atoms with E-state index in [2.05, 4.69) is 19.2 Å². The third-order valence-electron chi connectivity index (χ3n) is 3.04. The first-order valence-corrected chi connectivity index (χ1v) is 7.30. The number of nitrogens with zero attached hydrogens (tertiary/aromatic N) is 2. The molecule has 1 aliphatic rings. The average Bonchev–Trinajstić information content (AvgIpc) is 2.38. The number of hydrogen-bond acceptors (Lipinski definition) is 4. The first kappa shape index (κ1) is 14.6. The molecule has 0 radical (unpaired) electrons. The summed E-state index contributed by atoms with van der Waals surface area (Å²) in [5.41, 5.74) is 0.579. The van der Waals surface area contributed by atoms with E-state index in [1.165, 1.54) is 12.1 Å². The quantitative estimate of drug-likeness (QED) is 0.672. The molecule has 0 saturated carbocycles. The lowest BCUT2D eigenvalue weighted by molar-refractivity contribution is -0.384. The third kappa shape index (κ3) is 3.63. The number of rotatable bonds is 2. The number of urea groups is 1. The fourth-order valence-electron chi connectivity index (χ4n) is 2.06. The second-order valence-corrected chi connectivity index (χ2v) is 7.07. The van der Waals surface area contributed by atoms with E-state index in [9.17, 15) is 14.9 Å². The zero-order valence-corrected chi connectivity index (χ0v) is 12.3. The molecular weight excluding hydrogens is 278 g/mol. The van der Waals surface area contributed by atoms with E-state index < -0.39 is 4.92 Å². The zero-order valence-electron chi connectivity index (χ0n) is 11.5. The number of benzene rings is 1. The second-order valence-electron chi connectivity index (χ2n) is 5.26. The lowest BCUT2D eigenvalue weighted by Crippen LogP contribution is -2.47. The Kier molecular flexibility index (Phi) is 4.17. The highest BCUT2D eigenvalue weighted by Crippen LogP contribution is 2.29. The van der Waals surface area contributed by atoms with Gasteiger partial charge in [0.05, 0.1) is 4.92 Å². The van der Waals surface area contributed by atoms with Gasteiger partial charge in [-0.3, -0.25) is 10.1 Å². The molecule has 2 amide bonds. The van der Waals surface area contributed by atoms with E-state index in [0.717, 1.165) is 5.75 Å². The number of nitro benzene ring substituents is 1. The first-order chi connectivity index (χ1) is 9.37. The minimum Gasteiger partial charge on any atom is -0.322 e. The minimum atomic E-state index is -0.462. The molecule has 1 heterocycles. The summed E-state index contributed by atoms with van der Waals surface area (Å²) in [6.07, 6.45) is 0. The van der Waals surface area contributed by atoms with Crippen LogP contribution in [-0.2, 0) is 0 Å². The van der Waals surface area contributed by atoms with Gasteiger partial charge in [0.2, 0.25) is 0 Å². The molecule has 1 aromatic rings. The predicted octanol–water partition coefficient (Wildman–Crippen LogP) is 2.95. The van der Waals surface area contributed by atoms with Gasteiger partial charge in [-0.15, -0.1) is 0 Å². The molecule has 108 valence electrons. The molecular formula is C13H17N3O3S. The number of nitrogens with one attached hydrogen (secondary N) is 1. The van der Waals surface area contributed by atoms with Gasteiger partial charge in [-0.25, -0.2) is 4.79 Å². The summed E-state index contributed by atoms with van der Waals surface area (Å²) in [6, 6.07) is 5.68. The van der Waals surface area contributed by atoms with Crippen molar-refractivity contribution in [3.05, 3.63) is 34.4 Å². The lowest BCUT2D eigenvalue weighted by atomic mass is 10.2. The van der Waals surface area contributed by atoms with E-state index in [4.69, 9.17) is 0 Å². The maximum absolute atomic E-state index is 12.1. The summed E-state index contributed by atoms with van der Waals surface area (Å²) in [7, 11) is 0. The van der Waals surface area contributed by atoms with Crippen LogP contribution in [0.15, 0.2) is 24.3 Å². The normalized spacial score (nSPS) is 17.6. The summed E-state index contributed by atoms with van der Waals surface area (Å²) in [5.74, 6) is 0.917. The second kappa shape index (κ2) is 5.70. The maximum Gasteiger partial charge on any atom is 0.321 e. The van der Waals surface area contributed by atoms with Crippen molar-refractivity contribution in [2.24, 2.45) is 0 Å². The van der Waals surface area contributed by atoms with E-state index in [1.807, 2.05) is 11.8 Å². The summed E-state index contributed by atoms with van der Waals surface area (Å²) in [6.45, 7) is 5.63. The van der Waals surface area contributed by atoms with E-state index in [0.29, 0.717) is 18.8 Å². The summed E-state index contributed by atoms with van der Waals surface area (Å²) >= 11 is 1.86. The third-order valence-corrected chi connectivity index (χ3v) is 4.34. The molecule has 0 aromatic heterocycles. The molecule has 0 aliphatic carbocycles. The van der Waals surface area contributed by atoms with Crippen molar-refractivity contribution in [1.29, 1.82) is 0 Å². The van der Waals surface area contributed by atoms with Crippen molar-refractivity contribution in [1.82, 2.24) is 4.90 Å². The van der Waals surface area contributed by atoms with E-state index >= 15 is 0 Å². The van der Waals surface area contributed by atoms with E-state index in [1.54, 1.807) is 17.0 Å². The maximum atomic E-state index is 12.1. The molecule has 0 spiro atoms. The molecule has 20 heavy (non-hydrogen) atoms. The highest BCUT2D eigenvalue weighted by atomic mass is 32.2. The van der Waals surface area contributed by atoms with Crippen LogP contribution >= 0.6 is 11.8 Å². The van der Waals surface area contributed by atoms with Gasteiger partial charge in [0.25, 0.3) is 5.69 Å². The molecule has 1 fully saturated rings. The molecule has 1 N–H and O–H groups in total. The van der Waals surface area contributed by atoms with Crippen molar-refractivity contribution >= 4 is 29.2 Å². The Morgan fingerprint density at radius 3 is 2.60 bits per heavy atom. The summed E-state index contributed by atoms with van der Waals surface area (Å²) < 4.78 is 0.0606. The van der Waals surface area contributed by atoms with Crippen LogP contribution in [0.1, 0.15) is 13.8 Å². The Labute approximate surface area is 121 Å². The van der Waals surface area contributed by atoms with Gasteiger partial charge < -0.3 is 10.2 Å². The van der Waals surface area contributed by atoms with Gasteiger partial charge in [-0.2, -0.15) is 11.8 Å². The number of carbonyl (C=O) groups is 1. The summed E-state index contributed by atoms with van der Waals surface area (Å²) in [5, 5.41) is 13.3. The van der Waals surface area contributed by atoms with Crippen LogP contribution in [0.3, 0.4) is 0 Å². The Morgan fingerprint density at radius 1 is 1.40 bits per heavy atom. The molecule has 6 nitrogen and oxygen atoms in total. The lowest BCUT2D eigenvalue weighted by Gasteiger charge is -2.37. The molecule has 0 bridgehead atoms. The van der Waals surface area contributed by atoms with Crippen LogP contribution in [0, 0.1) is 10.1 Å². The SMILES string of the molecule is CC1(C)CN(C(=O)Nc2ccc([N+](=O)[O-])cc2)CCS1. The Hall–Kier alpha value is -1.76. The molecule has 0 atom stereocenters. The van der Waals surface area contributed by atoms with Crippen LogP contribution in [0.4, 0.5) is 16.2 Å². The number of hydrogen-bond donors (Lipinski definition) is 1. The van der Waals surface area contributed by atoms with Crippen LogP contribution in [-0.4, -0.2) is 39.4 Å². The smallest absolute Gasteiger partial charge is 0.321 e. The number of nitro groups is 1. The standard InChI is InChI=1S/C13H17N3O3S/c1-13(2)9-15(7-8-20-13)12(17)14-10-3-5-11(6-4-10)16(18)19/h3-6H,7-9H2,1-2H3,(H,14,17). The molecule has 0 unspecified atom stereocenters. The minimum absolute atomic E-state index is 0.0125. The van der Waals surface area contributed by atoms with Gasteiger partial charge in [-0.05, 0) is 26.0 Å². The van der Waals surface area contributed by atoms with Crippen LogP contribution in [0.5, 0.6) is 0 Å². The van der Waals surface area contributed by atoms with Gasteiger partial charge >= 0.3 is 6.03 Å². The van der Waals surface area contributed by atoms with Crippen molar-refractivity contribution in [2.75, 3.05) is 24.2 Å². The fourth-order valence-corrected chi connectivity index (χ4v) is 3.17. The number of non-ortho nitro benzene ring substituents is 1. The van der Waals surface area contributed by atoms with Crippen LogP contribution < -0.4 is 5.32 Å². The fraction of sp³-hybridized carbons (Fsp3) is 0.462. The van der Waals surface area contributed by atoms with Gasteiger partial charge in [0.15, 0.2) is 0 Å². The Morgan fingerprint density at radius 2 is 2.05 bits per heavy atom. The van der Waals surface area contributed by atoms with Crippen LogP contribution in [0.2, 0.25) is 0 Å². The van der Waals surface area contributed by atoms with Crippen molar-refractivity contribution in [3.8, 4) is 0 Å². The average molecular weight is 295 g/mol. The predicted molar refractivity (Wildman–Crippen MR) is 80.2 cm³/mol. The molecule has 1 aromatic carbocycles. The Balaban J connectivity index is 1.99. The van der Waals surface area contributed by atoms with E-state index in [-0.39, 0.29) is 16.5 Å². The number of anilines is 1. The zero-order chi connectivity index (χ0) is 14.8. The number of thioether (sulfide) groups is 1. The number of carbonyl (C=O) groups excluding carboxylic acids is 1. The summed E-state index contributed by atoms with van der Waals surface area (Å²) in [4.78, 5) is 24.0. The topological polar surface area (TPSA) is 75.5 Å². The van der Waals surface area contributed by atoms with Gasteiger partial charge in [-0.1, -0.05) is 0 Å². The van der Waals surface area contributed by atoms with Gasteiger partial charge in [0, 0.05) is 41.4 Å². The largest absolute Gasteiger partial charge is 0.322 e. The molecule has 1 aliphatic heterocycles. The van der Waals surface area contributed by atoms with Crippen molar-refractivity contribution in [2.45, 2.75) is 18.6 Å². The monoisotopic (exact) mass is 295 g/mol. The number of amides is 2. The first-order valence-electron chi connectivity index (χ1n) is 6.32. The van der Waals surface area contributed by atoms with Crippen LogP contribution in [0.25, 0.3) is 0 Å². The molecule has 2 rings (SSSR count). The highest BCUT2D eigenvalue weighted by Gasteiger charge is 2.29. The molecule has 7 heteroatoms. The van der Waals surface area contributed by atoms with Crippen molar-refractivity contribution in [3.63, 3.8) is 0 Å².